The Morgan fingerprint density at radius 2 is 1.93 bits per heavy atom. The molecule has 0 aliphatic carbocycles. The Hall–Kier alpha value is -2.06. The number of nitriles is 2. The van der Waals surface area contributed by atoms with Crippen LogP contribution in [0.1, 0.15) is 29.2 Å². The lowest BCUT2D eigenvalue weighted by Crippen LogP contribution is -1.94. The molecular weight excluding hydrogens is 172 g/mol. The summed E-state index contributed by atoms with van der Waals surface area (Å²) in [6, 6.07) is 7.81. The van der Waals surface area contributed by atoms with Gasteiger partial charge < -0.3 is 0 Å². The van der Waals surface area contributed by atoms with Crippen molar-refractivity contribution in [3.8, 4) is 12.1 Å². The van der Waals surface area contributed by atoms with E-state index >= 15 is 0 Å². The maximum absolute atomic E-state index is 8.95. The van der Waals surface area contributed by atoms with E-state index in [9.17, 15) is 0 Å². The van der Waals surface area contributed by atoms with Crippen LogP contribution >= 0.6 is 0 Å². The molecule has 1 rings (SSSR count). The SMILES string of the molecule is C=Cc1ccc(CC)c(C#N)c1C#N. The van der Waals surface area contributed by atoms with Crippen molar-refractivity contribution in [3.05, 3.63) is 41.0 Å². The van der Waals surface area contributed by atoms with Crippen molar-refractivity contribution in [1.29, 1.82) is 10.5 Å². The topological polar surface area (TPSA) is 47.6 Å². The summed E-state index contributed by atoms with van der Waals surface area (Å²) in [5.41, 5.74) is 2.55. The summed E-state index contributed by atoms with van der Waals surface area (Å²) in [5, 5.41) is 17.9. The van der Waals surface area contributed by atoms with Gasteiger partial charge >= 0.3 is 0 Å². The number of hydrogen-bond acceptors (Lipinski definition) is 2. The first-order valence-corrected chi connectivity index (χ1v) is 4.37. The van der Waals surface area contributed by atoms with Gasteiger partial charge in [-0.25, -0.2) is 0 Å². The van der Waals surface area contributed by atoms with Crippen molar-refractivity contribution < 1.29 is 0 Å². The van der Waals surface area contributed by atoms with Crippen LogP contribution < -0.4 is 0 Å². The highest BCUT2D eigenvalue weighted by molar-refractivity contribution is 5.64. The standard InChI is InChI=1S/C12H10N2/c1-3-9-5-6-10(4-2)12(8-14)11(9)7-13/h3,5-6H,1,4H2,2H3. The van der Waals surface area contributed by atoms with E-state index in [-0.39, 0.29) is 0 Å². The molecule has 1 aromatic rings. The van der Waals surface area contributed by atoms with E-state index < -0.39 is 0 Å². The molecule has 1 aromatic carbocycles. The zero-order valence-corrected chi connectivity index (χ0v) is 8.04. The zero-order chi connectivity index (χ0) is 10.6. The lowest BCUT2D eigenvalue weighted by Gasteiger charge is -2.04. The fraction of sp³-hybridized carbons (Fsp3) is 0.167. The van der Waals surface area contributed by atoms with Crippen LogP contribution in [0.3, 0.4) is 0 Å². The van der Waals surface area contributed by atoms with E-state index in [0.717, 1.165) is 17.5 Å². The van der Waals surface area contributed by atoms with E-state index in [1.54, 1.807) is 6.08 Å². The molecule has 0 unspecified atom stereocenters. The van der Waals surface area contributed by atoms with Crippen LogP contribution in [0, 0.1) is 22.7 Å². The molecule has 0 saturated heterocycles. The minimum atomic E-state index is 0.432. The van der Waals surface area contributed by atoms with E-state index in [2.05, 4.69) is 12.6 Å². The minimum absolute atomic E-state index is 0.432. The normalized spacial score (nSPS) is 8.79. The van der Waals surface area contributed by atoms with Gasteiger partial charge in [-0.1, -0.05) is 31.7 Å². The summed E-state index contributed by atoms with van der Waals surface area (Å²) in [4.78, 5) is 0. The fourth-order valence-electron chi connectivity index (χ4n) is 1.37. The van der Waals surface area contributed by atoms with Crippen LogP contribution in [-0.2, 0) is 6.42 Å². The maximum atomic E-state index is 8.95. The molecule has 2 heteroatoms. The smallest absolute Gasteiger partial charge is 0.101 e. The molecule has 14 heavy (non-hydrogen) atoms. The minimum Gasteiger partial charge on any atom is -0.192 e. The van der Waals surface area contributed by atoms with Gasteiger partial charge in [0.25, 0.3) is 0 Å². The highest BCUT2D eigenvalue weighted by Gasteiger charge is 2.09. The average molecular weight is 182 g/mol. The number of hydrogen-bond donors (Lipinski definition) is 0. The van der Waals surface area contributed by atoms with Crippen molar-refractivity contribution in [2.24, 2.45) is 0 Å². The third kappa shape index (κ3) is 1.51. The molecule has 0 aliphatic rings. The van der Waals surface area contributed by atoms with Gasteiger partial charge in [0.2, 0.25) is 0 Å². The molecular formula is C12H10N2. The Bertz CT molecular complexity index is 445. The lowest BCUT2D eigenvalue weighted by atomic mass is 9.96. The summed E-state index contributed by atoms with van der Waals surface area (Å²) in [5.74, 6) is 0. The van der Waals surface area contributed by atoms with E-state index in [1.807, 2.05) is 25.1 Å². The first kappa shape index (κ1) is 10.0. The van der Waals surface area contributed by atoms with Crippen molar-refractivity contribution in [2.75, 3.05) is 0 Å². The van der Waals surface area contributed by atoms with Gasteiger partial charge in [-0.2, -0.15) is 10.5 Å². The van der Waals surface area contributed by atoms with Crippen LogP contribution in [0.5, 0.6) is 0 Å². The highest BCUT2D eigenvalue weighted by atomic mass is 14.3. The molecule has 0 N–H and O–H groups in total. The first-order chi connectivity index (χ1) is 6.78. The third-order valence-corrected chi connectivity index (χ3v) is 2.15. The molecule has 0 aliphatic heterocycles. The Balaban J connectivity index is 3.56. The summed E-state index contributed by atoms with van der Waals surface area (Å²) in [6.07, 6.45) is 2.35. The average Bonchev–Trinajstić information content (AvgIpc) is 2.26. The molecule has 2 nitrogen and oxygen atoms in total. The van der Waals surface area contributed by atoms with Crippen LogP contribution in [0.25, 0.3) is 6.08 Å². The van der Waals surface area contributed by atoms with Gasteiger partial charge in [0.05, 0.1) is 11.1 Å². The monoisotopic (exact) mass is 182 g/mol. The molecule has 0 bridgehead atoms. The first-order valence-electron chi connectivity index (χ1n) is 4.37. The zero-order valence-electron chi connectivity index (χ0n) is 8.04. The van der Waals surface area contributed by atoms with Crippen molar-refractivity contribution >= 4 is 6.08 Å². The highest BCUT2D eigenvalue weighted by Crippen LogP contribution is 2.19. The van der Waals surface area contributed by atoms with Crippen molar-refractivity contribution in [2.45, 2.75) is 13.3 Å². The van der Waals surface area contributed by atoms with E-state index in [1.165, 1.54) is 0 Å². The van der Waals surface area contributed by atoms with Gasteiger partial charge in [0, 0.05) is 0 Å². The predicted octanol–water partition coefficient (Wildman–Crippen LogP) is 2.64. The van der Waals surface area contributed by atoms with E-state index in [4.69, 9.17) is 10.5 Å². The molecule has 0 radical (unpaired) electrons. The Morgan fingerprint density at radius 1 is 1.29 bits per heavy atom. The largest absolute Gasteiger partial charge is 0.192 e. The summed E-state index contributed by atoms with van der Waals surface area (Å²) in [7, 11) is 0. The summed E-state index contributed by atoms with van der Waals surface area (Å²) < 4.78 is 0. The predicted molar refractivity (Wildman–Crippen MR) is 55.3 cm³/mol. The number of rotatable bonds is 2. The number of benzene rings is 1. The molecule has 0 spiro atoms. The second-order valence-corrected chi connectivity index (χ2v) is 2.85. The fourth-order valence-corrected chi connectivity index (χ4v) is 1.37. The summed E-state index contributed by atoms with van der Waals surface area (Å²) in [6.45, 7) is 5.57. The maximum Gasteiger partial charge on any atom is 0.101 e. The third-order valence-electron chi connectivity index (χ3n) is 2.15. The molecule has 0 saturated carbocycles. The van der Waals surface area contributed by atoms with Crippen molar-refractivity contribution in [3.63, 3.8) is 0 Å². The molecule has 68 valence electrons. The van der Waals surface area contributed by atoms with E-state index in [0.29, 0.717) is 11.1 Å². The molecule has 0 heterocycles. The number of aryl methyl sites for hydroxylation is 1. The van der Waals surface area contributed by atoms with Crippen LogP contribution in [0.4, 0.5) is 0 Å². The lowest BCUT2D eigenvalue weighted by molar-refractivity contribution is 1.12. The quantitative estimate of drug-likeness (QED) is 0.705. The molecule has 0 aromatic heterocycles. The van der Waals surface area contributed by atoms with Crippen LogP contribution in [-0.4, -0.2) is 0 Å². The Morgan fingerprint density at radius 3 is 2.36 bits per heavy atom. The molecule has 0 fully saturated rings. The molecule has 0 amide bonds. The Kier molecular flexibility index (Phi) is 3.05. The van der Waals surface area contributed by atoms with Gasteiger partial charge in [0.1, 0.15) is 12.1 Å². The second kappa shape index (κ2) is 4.25. The number of nitrogens with zero attached hydrogens (tertiary/aromatic N) is 2. The van der Waals surface area contributed by atoms with Crippen LogP contribution in [0.15, 0.2) is 18.7 Å². The van der Waals surface area contributed by atoms with Gasteiger partial charge in [-0.05, 0) is 17.5 Å². The van der Waals surface area contributed by atoms with Gasteiger partial charge in [-0.3, -0.25) is 0 Å². The Labute approximate surface area is 83.7 Å². The molecule has 0 atom stereocenters. The van der Waals surface area contributed by atoms with Gasteiger partial charge in [-0.15, -0.1) is 0 Å². The summed E-state index contributed by atoms with van der Waals surface area (Å²) >= 11 is 0. The second-order valence-electron chi connectivity index (χ2n) is 2.85. The van der Waals surface area contributed by atoms with Crippen molar-refractivity contribution in [1.82, 2.24) is 0 Å². The van der Waals surface area contributed by atoms with Crippen LogP contribution in [0.2, 0.25) is 0 Å². The van der Waals surface area contributed by atoms with Gasteiger partial charge in [0.15, 0.2) is 0 Å².